The van der Waals surface area contributed by atoms with E-state index in [1.54, 1.807) is 14.0 Å². The minimum absolute atomic E-state index is 0.366. The van der Waals surface area contributed by atoms with Crippen molar-refractivity contribution in [1.82, 2.24) is 5.32 Å². The highest BCUT2D eigenvalue weighted by Crippen LogP contribution is 2.23. The third-order valence-corrected chi connectivity index (χ3v) is 2.32. The Kier molecular flexibility index (Phi) is 3.86. The van der Waals surface area contributed by atoms with Crippen molar-refractivity contribution in [2.75, 3.05) is 7.05 Å². The molecule has 1 rings (SSSR count). The number of benzene rings is 1. The van der Waals surface area contributed by atoms with Crippen LogP contribution in [-0.4, -0.2) is 18.3 Å². The number of hydrogen-bond donors (Lipinski definition) is 2. The van der Waals surface area contributed by atoms with Gasteiger partial charge in [-0.1, -0.05) is 11.6 Å². The van der Waals surface area contributed by atoms with E-state index in [-0.39, 0.29) is 5.82 Å². The third kappa shape index (κ3) is 2.44. The van der Waals surface area contributed by atoms with E-state index in [9.17, 15) is 9.50 Å². The minimum Gasteiger partial charge on any atom is -0.391 e. The summed E-state index contributed by atoms with van der Waals surface area (Å²) in [6.45, 7) is 1.60. The Bertz CT molecular complexity index is 317. The number of aliphatic hydroxyl groups is 1. The molecule has 0 aliphatic heterocycles. The van der Waals surface area contributed by atoms with E-state index >= 15 is 0 Å². The van der Waals surface area contributed by atoms with E-state index in [4.69, 9.17) is 11.6 Å². The van der Waals surface area contributed by atoms with Crippen molar-refractivity contribution in [3.8, 4) is 0 Å². The number of hydrogen-bond acceptors (Lipinski definition) is 2. The lowest BCUT2D eigenvalue weighted by Crippen LogP contribution is -2.27. The molecule has 1 aromatic rings. The Balaban J connectivity index is 3.08. The molecule has 0 radical (unpaired) electrons. The first-order chi connectivity index (χ1) is 6.56. The van der Waals surface area contributed by atoms with Crippen LogP contribution in [0.15, 0.2) is 18.2 Å². The molecule has 14 heavy (non-hydrogen) atoms. The summed E-state index contributed by atoms with van der Waals surface area (Å²) in [5, 5.41) is 12.7. The highest BCUT2D eigenvalue weighted by atomic mass is 35.5. The lowest BCUT2D eigenvalue weighted by molar-refractivity contribution is 0.148. The third-order valence-electron chi connectivity index (χ3n) is 2.09. The zero-order valence-electron chi connectivity index (χ0n) is 8.09. The fourth-order valence-electron chi connectivity index (χ4n) is 1.41. The topological polar surface area (TPSA) is 32.3 Å². The number of aliphatic hydroxyl groups excluding tert-OH is 1. The largest absolute Gasteiger partial charge is 0.391 e. The van der Waals surface area contributed by atoms with Crippen LogP contribution in [0, 0.1) is 5.82 Å². The van der Waals surface area contributed by atoms with Crippen molar-refractivity contribution in [2.24, 2.45) is 0 Å². The van der Waals surface area contributed by atoms with E-state index in [1.807, 2.05) is 0 Å². The summed E-state index contributed by atoms with van der Waals surface area (Å²) in [5.74, 6) is -0.366. The van der Waals surface area contributed by atoms with Crippen LogP contribution in [0.4, 0.5) is 4.39 Å². The van der Waals surface area contributed by atoms with E-state index in [0.29, 0.717) is 10.6 Å². The van der Waals surface area contributed by atoms with Crippen LogP contribution in [-0.2, 0) is 0 Å². The van der Waals surface area contributed by atoms with Gasteiger partial charge >= 0.3 is 0 Å². The molecule has 0 saturated carbocycles. The maximum Gasteiger partial charge on any atom is 0.128 e. The molecule has 0 saturated heterocycles. The normalized spacial score (nSPS) is 15.2. The Morgan fingerprint density at radius 3 is 2.64 bits per heavy atom. The van der Waals surface area contributed by atoms with Gasteiger partial charge in [0.25, 0.3) is 0 Å². The van der Waals surface area contributed by atoms with Crippen LogP contribution in [0.5, 0.6) is 0 Å². The molecule has 2 atom stereocenters. The lowest BCUT2D eigenvalue weighted by Gasteiger charge is -2.20. The lowest BCUT2D eigenvalue weighted by atomic mass is 10.0. The summed E-state index contributed by atoms with van der Waals surface area (Å²) < 4.78 is 13.4. The van der Waals surface area contributed by atoms with Gasteiger partial charge in [0.15, 0.2) is 0 Å². The summed E-state index contributed by atoms with van der Waals surface area (Å²) in [4.78, 5) is 0. The fraction of sp³-hybridized carbons (Fsp3) is 0.400. The zero-order valence-corrected chi connectivity index (χ0v) is 8.85. The van der Waals surface area contributed by atoms with E-state index in [1.165, 1.54) is 18.2 Å². The summed E-state index contributed by atoms with van der Waals surface area (Å²) in [6, 6.07) is 3.86. The fourth-order valence-corrected chi connectivity index (χ4v) is 1.59. The monoisotopic (exact) mass is 217 g/mol. The van der Waals surface area contributed by atoms with Crippen LogP contribution >= 0.6 is 11.6 Å². The van der Waals surface area contributed by atoms with Crippen molar-refractivity contribution in [3.63, 3.8) is 0 Å². The Hall–Kier alpha value is -0.640. The number of nitrogens with one attached hydrogen (secondary N) is 1. The molecule has 0 fully saturated rings. The molecule has 0 spiro atoms. The molecule has 2 N–H and O–H groups in total. The van der Waals surface area contributed by atoms with Crippen molar-refractivity contribution < 1.29 is 9.50 Å². The van der Waals surface area contributed by atoms with Gasteiger partial charge in [-0.3, -0.25) is 0 Å². The van der Waals surface area contributed by atoms with Crippen LogP contribution < -0.4 is 5.32 Å². The molecule has 78 valence electrons. The Morgan fingerprint density at radius 2 is 2.14 bits per heavy atom. The zero-order chi connectivity index (χ0) is 10.7. The molecule has 0 bridgehead atoms. The Labute approximate surface area is 87.7 Å². The predicted octanol–water partition coefficient (Wildman–Crippen LogP) is 2.12. The summed E-state index contributed by atoms with van der Waals surface area (Å²) in [7, 11) is 1.66. The maximum atomic E-state index is 13.4. The van der Waals surface area contributed by atoms with Crippen LogP contribution in [0.2, 0.25) is 5.02 Å². The van der Waals surface area contributed by atoms with E-state index in [0.717, 1.165) is 0 Å². The Morgan fingerprint density at radius 1 is 1.50 bits per heavy atom. The molecule has 0 aromatic heterocycles. The smallest absolute Gasteiger partial charge is 0.128 e. The second kappa shape index (κ2) is 4.73. The van der Waals surface area contributed by atoms with Gasteiger partial charge in [0.2, 0.25) is 0 Å². The molecule has 0 heterocycles. The van der Waals surface area contributed by atoms with Gasteiger partial charge in [-0.2, -0.15) is 0 Å². The molecule has 2 nitrogen and oxygen atoms in total. The first-order valence-corrected chi connectivity index (χ1v) is 4.74. The second-order valence-electron chi connectivity index (χ2n) is 3.17. The average molecular weight is 218 g/mol. The quantitative estimate of drug-likeness (QED) is 0.813. The highest BCUT2D eigenvalue weighted by Gasteiger charge is 2.18. The minimum atomic E-state index is -0.673. The van der Waals surface area contributed by atoms with Crippen molar-refractivity contribution >= 4 is 11.6 Å². The number of likely N-dealkylation sites (N-methyl/N-ethyl adjacent to an activating group) is 1. The highest BCUT2D eigenvalue weighted by molar-refractivity contribution is 6.30. The number of rotatable bonds is 3. The summed E-state index contributed by atoms with van der Waals surface area (Å²) in [6.07, 6.45) is -0.673. The summed E-state index contributed by atoms with van der Waals surface area (Å²) >= 11 is 5.75. The average Bonchev–Trinajstić information content (AvgIpc) is 2.11. The standard InChI is InChI=1S/C10H13ClFNO/c1-6(14)10(13-2)8-5-7(11)3-4-9(8)12/h3-6,10,13-14H,1-2H3. The first-order valence-electron chi connectivity index (χ1n) is 4.36. The van der Waals surface area contributed by atoms with Gasteiger partial charge in [0.05, 0.1) is 12.1 Å². The van der Waals surface area contributed by atoms with Gasteiger partial charge in [0, 0.05) is 10.6 Å². The van der Waals surface area contributed by atoms with Crippen molar-refractivity contribution in [3.05, 3.63) is 34.6 Å². The SMILES string of the molecule is CNC(c1cc(Cl)ccc1F)C(C)O. The van der Waals surface area contributed by atoms with Crippen LogP contribution in [0.3, 0.4) is 0 Å². The van der Waals surface area contributed by atoms with Gasteiger partial charge in [-0.25, -0.2) is 4.39 Å². The molecule has 2 unspecified atom stereocenters. The van der Waals surface area contributed by atoms with Crippen molar-refractivity contribution in [1.29, 1.82) is 0 Å². The molecule has 0 aliphatic carbocycles. The maximum absolute atomic E-state index is 13.4. The van der Waals surface area contributed by atoms with Crippen LogP contribution in [0.25, 0.3) is 0 Å². The van der Waals surface area contributed by atoms with Crippen molar-refractivity contribution in [2.45, 2.75) is 19.1 Å². The van der Waals surface area contributed by atoms with Gasteiger partial charge in [0.1, 0.15) is 5.82 Å². The van der Waals surface area contributed by atoms with Gasteiger partial charge in [-0.15, -0.1) is 0 Å². The second-order valence-corrected chi connectivity index (χ2v) is 3.61. The number of halogens is 2. The van der Waals surface area contributed by atoms with E-state index in [2.05, 4.69) is 5.32 Å². The van der Waals surface area contributed by atoms with Gasteiger partial charge in [-0.05, 0) is 32.2 Å². The first kappa shape index (κ1) is 11.4. The molecular formula is C10H13ClFNO. The molecule has 4 heteroatoms. The summed E-state index contributed by atoms with van der Waals surface area (Å²) in [5.41, 5.74) is 0.384. The van der Waals surface area contributed by atoms with Crippen LogP contribution in [0.1, 0.15) is 18.5 Å². The van der Waals surface area contributed by atoms with E-state index < -0.39 is 12.1 Å². The van der Waals surface area contributed by atoms with Gasteiger partial charge < -0.3 is 10.4 Å². The molecule has 0 amide bonds. The predicted molar refractivity (Wildman–Crippen MR) is 54.9 cm³/mol. The molecular weight excluding hydrogens is 205 g/mol. The molecule has 1 aromatic carbocycles. The molecule has 0 aliphatic rings.